The molecule has 0 spiro atoms. The van der Waals surface area contributed by atoms with E-state index in [4.69, 9.17) is 4.43 Å². The molecule has 0 amide bonds. The predicted molar refractivity (Wildman–Crippen MR) is 90.2 cm³/mol. The van der Waals surface area contributed by atoms with Crippen LogP contribution in [0.25, 0.3) is 0 Å². The highest BCUT2D eigenvalue weighted by Crippen LogP contribution is 2.37. The maximum absolute atomic E-state index is 6.42. The molecular weight excluding hydrogens is 248 g/mol. The Morgan fingerprint density at radius 3 is 2.16 bits per heavy atom. The van der Waals surface area contributed by atoms with Crippen molar-refractivity contribution < 1.29 is 4.43 Å². The van der Waals surface area contributed by atoms with Crippen molar-refractivity contribution in [2.24, 2.45) is 5.92 Å². The summed E-state index contributed by atoms with van der Waals surface area (Å²) in [7, 11) is -1.60. The first-order chi connectivity index (χ1) is 8.49. The van der Waals surface area contributed by atoms with Gasteiger partial charge in [0.15, 0.2) is 8.32 Å². The molecule has 2 heteroatoms. The summed E-state index contributed by atoms with van der Waals surface area (Å²) in [5.41, 5.74) is 1.50. The van der Waals surface area contributed by atoms with Crippen molar-refractivity contribution in [3.8, 4) is 0 Å². The van der Waals surface area contributed by atoms with Crippen molar-refractivity contribution in [3.05, 3.63) is 11.6 Å². The Kier molecular flexibility index (Phi) is 7.60. The summed E-state index contributed by atoms with van der Waals surface area (Å²) >= 11 is 0. The van der Waals surface area contributed by atoms with Crippen LogP contribution >= 0.6 is 0 Å². The molecule has 0 aliphatic carbocycles. The molecule has 2 atom stereocenters. The molecule has 0 unspecified atom stereocenters. The molecule has 0 bridgehead atoms. The molecule has 114 valence electrons. The van der Waals surface area contributed by atoms with Crippen molar-refractivity contribution in [2.45, 2.75) is 92.0 Å². The van der Waals surface area contributed by atoms with E-state index in [-0.39, 0.29) is 0 Å². The van der Waals surface area contributed by atoms with Crippen molar-refractivity contribution in [1.82, 2.24) is 0 Å². The monoisotopic (exact) mass is 284 g/mol. The summed E-state index contributed by atoms with van der Waals surface area (Å²) in [4.78, 5) is 0. The standard InChI is InChI=1S/C17H36OSi/c1-10-14(2)11-12-15(3)13-16(4)18-19(8,9)17(5,6)7/h11,15-16H,10,12-13H2,1-9H3/b14-11+/t15-,16+/m1/s1. The fourth-order valence-corrected chi connectivity index (χ4v) is 3.39. The second kappa shape index (κ2) is 7.63. The summed E-state index contributed by atoms with van der Waals surface area (Å²) in [6.45, 7) is 20.6. The highest BCUT2D eigenvalue weighted by atomic mass is 28.4. The summed E-state index contributed by atoms with van der Waals surface area (Å²) in [5.74, 6) is 0.710. The quantitative estimate of drug-likeness (QED) is 0.401. The molecule has 0 fully saturated rings. The van der Waals surface area contributed by atoms with Gasteiger partial charge < -0.3 is 4.43 Å². The van der Waals surface area contributed by atoms with Crippen molar-refractivity contribution in [2.75, 3.05) is 0 Å². The van der Waals surface area contributed by atoms with Gasteiger partial charge in [-0.15, -0.1) is 0 Å². The van der Waals surface area contributed by atoms with E-state index < -0.39 is 8.32 Å². The predicted octanol–water partition coefficient (Wildman–Crippen LogP) is 6.17. The van der Waals surface area contributed by atoms with Crippen molar-refractivity contribution >= 4 is 8.32 Å². The fraction of sp³-hybridized carbons (Fsp3) is 0.882. The average Bonchev–Trinajstić information content (AvgIpc) is 2.23. The first-order valence-corrected chi connectivity index (χ1v) is 10.7. The Morgan fingerprint density at radius 2 is 1.74 bits per heavy atom. The van der Waals surface area contributed by atoms with Gasteiger partial charge in [-0.05, 0) is 57.2 Å². The van der Waals surface area contributed by atoms with Gasteiger partial charge in [0, 0.05) is 6.10 Å². The normalized spacial score (nSPS) is 17.4. The van der Waals surface area contributed by atoms with Crippen LogP contribution in [0.2, 0.25) is 18.1 Å². The fourth-order valence-electron chi connectivity index (χ4n) is 1.94. The van der Waals surface area contributed by atoms with Crippen LogP contribution in [0, 0.1) is 5.92 Å². The maximum atomic E-state index is 6.42. The molecule has 0 aliphatic heterocycles. The molecule has 0 aliphatic rings. The summed E-state index contributed by atoms with van der Waals surface area (Å²) in [5, 5.41) is 0.309. The lowest BCUT2D eigenvalue weighted by Gasteiger charge is -2.39. The number of hydrogen-bond donors (Lipinski definition) is 0. The lowest BCUT2D eigenvalue weighted by atomic mass is 9.99. The molecule has 0 aromatic heterocycles. The smallest absolute Gasteiger partial charge is 0.192 e. The second-order valence-electron chi connectivity index (χ2n) is 7.67. The third-order valence-corrected chi connectivity index (χ3v) is 9.07. The van der Waals surface area contributed by atoms with E-state index in [1.54, 1.807) is 0 Å². The minimum atomic E-state index is -1.60. The molecule has 0 radical (unpaired) electrons. The molecule has 0 saturated heterocycles. The van der Waals surface area contributed by atoms with Crippen LogP contribution in [0.15, 0.2) is 11.6 Å². The molecule has 0 N–H and O–H groups in total. The van der Waals surface area contributed by atoms with Gasteiger partial charge in [0.1, 0.15) is 0 Å². The molecule has 1 nitrogen and oxygen atoms in total. The van der Waals surface area contributed by atoms with Gasteiger partial charge in [-0.1, -0.05) is 46.3 Å². The van der Waals surface area contributed by atoms with Gasteiger partial charge in [0.05, 0.1) is 0 Å². The van der Waals surface area contributed by atoms with E-state index in [1.165, 1.54) is 24.8 Å². The van der Waals surface area contributed by atoms with Gasteiger partial charge >= 0.3 is 0 Å². The third-order valence-electron chi connectivity index (χ3n) is 4.46. The molecular formula is C17H36OSi. The zero-order valence-electron chi connectivity index (χ0n) is 14.8. The Bertz CT molecular complexity index is 286. The lowest BCUT2D eigenvalue weighted by Crippen LogP contribution is -2.43. The van der Waals surface area contributed by atoms with E-state index in [2.05, 4.69) is 67.6 Å². The zero-order valence-corrected chi connectivity index (χ0v) is 15.8. The van der Waals surface area contributed by atoms with Crippen LogP contribution in [-0.4, -0.2) is 14.4 Å². The van der Waals surface area contributed by atoms with E-state index in [0.29, 0.717) is 17.1 Å². The first kappa shape index (κ1) is 18.9. The number of rotatable bonds is 7. The van der Waals surface area contributed by atoms with Gasteiger partial charge in [0.25, 0.3) is 0 Å². The van der Waals surface area contributed by atoms with Crippen LogP contribution < -0.4 is 0 Å². The number of allylic oxidation sites excluding steroid dienone is 2. The zero-order chi connectivity index (χ0) is 15.3. The van der Waals surface area contributed by atoms with E-state index >= 15 is 0 Å². The SMILES string of the molecule is CC/C(C)=C/C[C@@H](C)C[C@H](C)O[Si](C)(C)C(C)(C)C. The highest BCUT2D eigenvalue weighted by Gasteiger charge is 2.38. The minimum absolute atomic E-state index is 0.309. The van der Waals surface area contributed by atoms with Crippen molar-refractivity contribution in [1.29, 1.82) is 0 Å². The van der Waals surface area contributed by atoms with Crippen LogP contribution in [-0.2, 0) is 4.43 Å². The highest BCUT2D eigenvalue weighted by molar-refractivity contribution is 6.74. The minimum Gasteiger partial charge on any atom is -0.414 e. The number of hydrogen-bond acceptors (Lipinski definition) is 1. The Labute approximate surface area is 123 Å². The van der Waals surface area contributed by atoms with Crippen LogP contribution in [0.3, 0.4) is 0 Å². The second-order valence-corrected chi connectivity index (χ2v) is 12.4. The van der Waals surface area contributed by atoms with Gasteiger partial charge in [-0.2, -0.15) is 0 Å². The summed E-state index contributed by atoms with van der Waals surface area (Å²) in [6.07, 6.45) is 6.29. The molecule has 19 heavy (non-hydrogen) atoms. The topological polar surface area (TPSA) is 9.23 Å². The van der Waals surface area contributed by atoms with Gasteiger partial charge in [-0.3, -0.25) is 0 Å². The van der Waals surface area contributed by atoms with Crippen molar-refractivity contribution in [3.63, 3.8) is 0 Å². The Morgan fingerprint density at radius 1 is 1.21 bits per heavy atom. The average molecular weight is 285 g/mol. The summed E-state index contributed by atoms with van der Waals surface area (Å²) < 4.78 is 6.42. The van der Waals surface area contributed by atoms with Gasteiger partial charge in [-0.25, -0.2) is 0 Å². The molecule has 0 aromatic rings. The molecule has 0 heterocycles. The lowest BCUT2D eigenvalue weighted by molar-refractivity contribution is 0.170. The summed E-state index contributed by atoms with van der Waals surface area (Å²) in [6, 6.07) is 0. The van der Waals surface area contributed by atoms with Crippen LogP contribution in [0.4, 0.5) is 0 Å². The Hall–Kier alpha value is -0.0831. The Balaban J connectivity index is 4.28. The first-order valence-electron chi connectivity index (χ1n) is 7.83. The molecule has 0 saturated carbocycles. The third kappa shape index (κ3) is 7.31. The largest absolute Gasteiger partial charge is 0.414 e. The van der Waals surface area contributed by atoms with Crippen LogP contribution in [0.5, 0.6) is 0 Å². The molecule has 0 aromatic carbocycles. The van der Waals surface area contributed by atoms with E-state index in [9.17, 15) is 0 Å². The van der Waals surface area contributed by atoms with E-state index in [1.807, 2.05) is 0 Å². The maximum Gasteiger partial charge on any atom is 0.192 e. The molecule has 0 rings (SSSR count). The van der Waals surface area contributed by atoms with Crippen LogP contribution in [0.1, 0.15) is 67.7 Å². The van der Waals surface area contributed by atoms with E-state index in [0.717, 1.165) is 0 Å². The van der Waals surface area contributed by atoms with Gasteiger partial charge in [0.2, 0.25) is 0 Å².